The fraction of sp³-hybridized carbons (Fsp3) is 0.294. The highest BCUT2D eigenvalue weighted by Crippen LogP contribution is 2.32. The molecule has 0 fully saturated rings. The summed E-state index contributed by atoms with van der Waals surface area (Å²) in [6.07, 6.45) is 1.06. The molecule has 1 aliphatic rings. The van der Waals surface area contributed by atoms with Crippen molar-refractivity contribution in [1.82, 2.24) is 5.32 Å². The molecule has 0 saturated heterocycles. The van der Waals surface area contributed by atoms with Gasteiger partial charge in [0.25, 0.3) is 0 Å². The molecule has 0 spiro atoms. The lowest BCUT2D eigenvalue weighted by molar-refractivity contribution is 0.264. The Hall–Kier alpha value is -1.51. The Bertz CT molecular complexity index is 585. The van der Waals surface area contributed by atoms with Crippen LogP contribution in [-0.4, -0.2) is 13.2 Å². The third-order valence-corrected chi connectivity index (χ3v) is 4.12. The molecule has 2 nitrogen and oxygen atoms in total. The maximum absolute atomic E-state index is 6.17. The van der Waals surface area contributed by atoms with Crippen molar-refractivity contribution < 1.29 is 4.74 Å². The van der Waals surface area contributed by atoms with Crippen LogP contribution in [0.3, 0.4) is 0 Å². The van der Waals surface area contributed by atoms with Crippen molar-refractivity contribution in [2.45, 2.75) is 18.9 Å². The third-order valence-electron chi connectivity index (χ3n) is 3.75. The summed E-state index contributed by atoms with van der Waals surface area (Å²) < 4.78 is 5.69. The van der Waals surface area contributed by atoms with E-state index in [-0.39, 0.29) is 0 Å². The molecule has 1 unspecified atom stereocenters. The molecule has 20 heavy (non-hydrogen) atoms. The molecule has 0 aliphatic carbocycles. The second-order valence-corrected chi connectivity index (χ2v) is 5.50. The van der Waals surface area contributed by atoms with Crippen molar-refractivity contribution in [1.29, 1.82) is 0 Å². The normalized spacial score (nSPS) is 17.4. The van der Waals surface area contributed by atoms with Gasteiger partial charge in [0.2, 0.25) is 0 Å². The molecule has 3 heteroatoms. The van der Waals surface area contributed by atoms with Gasteiger partial charge in [0.05, 0.1) is 6.61 Å². The molecule has 0 saturated carbocycles. The minimum atomic E-state index is 0.516. The van der Waals surface area contributed by atoms with E-state index < -0.39 is 0 Å². The van der Waals surface area contributed by atoms with Crippen LogP contribution in [0.25, 0.3) is 0 Å². The first-order valence-corrected chi connectivity index (χ1v) is 7.38. The first-order chi connectivity index (χ1) is 9.84. The minimum absolute atomic E-state index is 0.516. The lowest BCUT2D eigenvalue weighted by Gasteiger charge is -2.26. The van der Waals surface area contributed by atoms with Crippen molar-refractivity contribution in [3.05, 3.63) is 64.7 Å². The number of ether oxygens (including phenoxy) is 1. The standard InChI is InChI=1S/C17H18ClNO/c18-16-7-3-1-5-14(16)12-19-11-13-9-10-20-17-8-4-2-6-15(13)17/h1-8,13,19H,9-12H2. The summed E-state index contributed by atoms with van der Waals surface area (Å²) in [6, 6.07) is 16.3. The zero-order valence-corrected chi connectivity index (χ0v) is 12.1. The molecule has 0 bridgehead atoms. The van der Waals surface area contributed by atoms with Crippen LogP contribution in [0.15, 0.2) is 48.5 Å². The van der Waals surface area contributed by atoms with Gasteiger partial charge in [0.1, 0.15) is 5.75 Å². The van der Waals surface area contributed by atoms with Gasteiger partial charge in [-0.3, -0.25) is 0 Å². The molecule has 3 rings (SSSR count). The van der Waals surface area contributed by atoms with Gasteiger partial charge in [-0.15, -0.1) is 0 Å². The molecule has 1 atom stereocenters. The number of halogens is 1. The van der Waals surface area contributed by atoms with Gasteiger partial charge in [-0.1, -0.05) is 48.0 Å². The molecule has 1 heterocycles. The summed E-state index contributed by atoms with van der Waals surface area (Å²) in [5, 5.41) is 4.34. The maximum atomic E-state index is 6.17. The number of nitrogens with one attached hydrogen (secondary N) is 1. The van der Waals surface area contributed by atoms with Crippen molar-refractivity contribution in [2.75, 3.05) is 13.2 Å². The predicted octanol–water partition coefficient (Wildman–Crippen LogP) is 4.00. The molecule has 1 N–H and O–H groups in total. The monoisotopic (exact) mass is 287 g/mol. The summed E-state index contributed by atoms with van der Waals surface area (Å²) in [4.78, 5) is 0. The molecule has 0 aromatic heterocycles. The Kier molecular flexibility index (Phi) is 4.24. The molecule has 1 aliphatic heterocycles. The fourth-order valence-electron chi connectivity index (χ4n) is 2.65. The zero-order chi connectivity index (χ0) is 13.8. The van der Waals surface area contributed by atoms with Crippen molar-refractivity contribution in [3.8, 4) is 5.75 Å². The number of hydrogen-bond donors (Lipinski definition) is 1. The second-order valence-electron chi connectivity index (χ2n) is 5.09. The Morgan fingerprint density at radius 2 is 1.90 bits per heavy atom. The average Bonchev–Trinajstić information content (AvgIpc) is 2.49. The Morgan fingerprint density at radius 1 is 1.10 bits per heavy atom. The number of hydrogen-bond acceptors (Lipinski definition) is 2. The number of benzene rings is 2. The molecular formula is C17H18ClNO. The van der Waals surface area contributed by atoms with Crippen LogP contribution in [0.4, 0.5) is 0 Å². The maximum Gasteiger partial charge on any atom is 0.122 e. The predicted molar refractivity (Wildman–Crippen MR) is 82.5 cm³/mol. The van der Waals surface area contributed by atoms with Crippen molar-refractivity contribution >= 4 is 11.6 Å². The molecule has 2 aromatic rings. The SMILES string of the molecule is Clc1ccccc1CNCC1CCOc2ccccc21. The highest BCUT2D eigenvalue weighted by molar-refractivity contribution is 6.31. The number of para-hydroxylation sites is 1. The Labute approximate surface area is 124 Å². The molecule has 104 valence electrons. The smallest absolute Gasteiger partial charge is 0.122 e. The Balaban J connectivity index is 1.61. The van der Waals surface area contributed by atoms with Crippen LogP contribution in [0.2, 0.25) is 5.02 Å². The van der Waals surface area contributed by atoms with Crippen LogP contribution in [0, 0.1) is 0 Å². The summed E-state index contributed by atoms with van der Waals surface area (Å²) >= 11 is 6.17. The van der Waals surface area contributed by atoms with Gasteiger partial charge in [-0.2, -0.15) is 0 Å². The number of rotatable bonds is 4. The summed E-state index contributed by atoms with van der Waals surface area (Å²) in [5.74, 6) is 1.55. The lowest BCUT2D eigenvalue weighted by Crippen LogP contribution is -2.25. The highest BCUT2D eigenvalue weighted by atomic mass is 35.5. The molecule has 2 aromatic carbocycles. The quantitative estimate of drug-likeness (QED) is 0.918. The minimum Gasteiger partial charge on any atom is -0.493 e. The summed E-state index contributed by atoms with van der Waals surface area (Å²) in [5.41, 5.74) is 2.46. The van der Waals surface area contributed by atoms with Gasteiger partial charge in [0.15, 0.2) is 0 Å². The highest BCUT2D eigenvalue weighted by Gasteiger charge is 2.20. The van der Waals surface area contributed by atoms with Crippen molar-refractivity contribution in [2.24, 2.45) is 0 Å². The van der Waals surface area contributed by atoms with E-state index in [9.17, 15) is 0 Å². The second kappa shape index (κ2) is 6.29. The first-order valence-electron chi connectivity index (χ1n) is 7.00. The Morgan fingerprint density at radius 3 is 2.80 bits per heavy atom. The summed E-state index contributed by atoms with van der Waals surface area (Å²) in [7, 11) is 0. The first kappa shape index (κ1) is 13.5. The molecular weight excluding hydrogens is 270 g/mol. The van der Waals surface area contributed by atoms with Crippen LogP contribution in [-0.2, 0) is 6.54 Å². The van der Waals surface area contributed by atoms with E-state index in [4.69, 9.17) is 16.3 Å². The topological polar surface area (TPSA) is 21.3 Å². The van der Waals surface area contributed by atoms with Gasteiger partial charge in [-0.25, -0.2) is 0 Å². The average molecular weight is 288 g/mol. The fourth-order valence-corrected chi connectivity index (χ4v) is 2.85. The lowest BCUT2D eigenvalue weighted by atomic mass is 9.93. The zero-order valence-electron chi connectivity index (χ0n) is 11.3. The van der Waals surface area contributed by atoms with Crippen LogP contribution in [0.1, 0.15) is 23.5 Å². The van der Waals surface area contributed by atoms with E-state index in [2.05, 4.69) is 29.6 Å². The van der Waals surface area contributed by atoms with E-state index in [1.165, 1.54) is 5.56 Å². The van der Waals surface area contributed by atoms with Gasteiger partial charge in [-0.05, 0) is 29.7 Å². The van der Waals surface area contributed by atoms with Crippen LogP contribution in [0.5, 0.6) is 5.75 Å². The van der Waals surface area contributed by atoms with E-state index >= 15 is 0 Å². The van der Waals surface area contributed by atoms with Gasteiger partial charge < -0.3 is 10.1 Å². The van der Waals surface area contributed by atoms with E-state index in [0.717, 1.165) is 42.5 Å². The van der Waals surface area contributed by atoms with Crippen LogP contribution < -0.4 is 10.1 Å². The largest absolute Gasteiger partial charge is 0.493 e. The van der Waals surface area contributed by atoms with E-state index in [0.29, 0.717) is 5.92 Å². The van der Waals surface area contributed by atoms with Crippen molar-refractivity contribution in [3.63, 3.8) is 0 Å². The summed E-state index contributed by atoms with van der Waals surface area (Å²) in [6.45, 7) is 2.56. The van der Waals surface area contributed by atoms with Gasteiger partial charge in [0, 0.05) is 24.0 Å². The number of fused-ring (bicyclic) bond motifs is 1. The van der Waals surface area contributed by atoms with E-state index in [1.54, 1.807) is 0 Å². The molecule has 0 radical (unpaired) electrons. The molecule has 0 amide bonds. The van der Waals surface area contributed by atoms with Crippen LogP contribution >= 0.6 is 11.6 Å². The third kappa shape index (κ3) is 2.97. The van der Waals surface area contributed by atoms with E-state index in [1.807, 2.05) is 24.3 Å². The van der Waals surface area contributed by atoms with Gasteiger partial charge >= 0.3 is 0 Å².